The minimum Gasteiger partial charge on any atom is -0.497 e. The SMILES string of the molecule is COc1ccc2c(c1)C(=O)/C(=C\c1ccc(OC(C)C#N)cc1)CO2. The molecule has 126 valence electrons. The number of hydrogen-bond acceptors (Lipinski definition) is 5. The summed E-state index contributed by atoms with van der Waals surface area (Å²) in [4.78, 5) is 12.7. The summed E-state index contributed by atoms with van der Waals surface area (Å²) in [6.45, 7) is 1.90. The molecule has 2 aromatic carbocycles. The molecule has 5 heteroatoms. The molecule has 0 fully saturated rings. The molecule has 0 bridgehead atoms. The van der Waals surface area contributed by atoms with E-state index in [0.29, 0.717) is 28.4 Å². The fourth-order valence-corrected chi connectivity index (χ4v) is 2.51. The van der Waals surface area contributed by atoms with E-state index in [1.165, 1.54) is 0 Å². The summed E-state index contributed by atoms with van der Waals surface area (Å²) in [6, 6.07) is 14.4. The van der Waals surface area contributed by atoms with Crippen molar-refractivity contribution in [3.63, 3.8) is 0 Å². The molecule has 0 saturated carbocycles. The van der Waals surface area contributed by atoms with Gasteiger partial charge in [0.1, 0.15) is 29.9 Å². The van der Waals surface area contributed by atoms with Crippen molar-refractivity contribution in [3.05, 3.63) is 59.2 Å². The van der Waals surface area contributed by atoms with E-state index in [0.717, 1.165) is 5.56 Å². The predicted octanol–water partition coefficient (Wildman–Crippen LogP) is 3.64. The molecule has 1 atom stereocenters. The first-order chi connectivity index (χ1) is 12.1. The highest BCUT2D eigenvalue weighted by Gasteiger charge is 2.23. The number of carbonyl (C=O) groups excluding carboxylic acids is 1. The van der Waals surface area contributed by atoms with Crippen molar-refractivity contribution in [1.29, 1.82) is 5.26 Å². The van der Waals surface area contributed by atoms with Gasteiger partial charge in [0.15, 0.2) is 11.9 Å². The number of ketones is 1. The highest BCUT2D eigenvalue weighted by atomic mass is 16.5. The maximum Gasteiger partial charge on any atom is 0.196 e. The van der Waals surface area contributed by atoms with Crippen LogP contribution in [0.25, 0.3) is 6.08 Å². The Kier molecular flexibility index (Phi) is 4.71. The number of hydrogen-bond donors (Lipinski definition) is 0. The first kappa shape index (κ1) is 16.6. The number of methoxy groups -OCH3 is 1. The van der Waals surface area contributed by atoms with Gasteiger partial charge in [0.25, 0.3) is 0 Å². The zero-order chi connectivity index (χ0) is 17.8. The molecule has 0 spiro atoms. The van der Waals surface area contributed by atoms with Crippen LogP contribution in [0, 0.1) is 11.3 Å². The molecule has 1 unspecified atom stereocenters. The Morgan fingerprint density at radius 1 is 1.20 bits per heavy atom. The molecule has 25 heavy (non-hydrogen) atoms. The number of rotatable bonds is 4. The zero-order valence-corrected chi connectivity index (χ0v) is 14.0. The van der Waals surface area contributed by atoms with Crippen LogP contribution in [0.1, 0.15) is 22.8 Å². The van der Waals surface area contributed by atoms with Crippen molar-refractivity contribution in [2.45, 2.75) is 13.0 Å². The maximum absolute atomic E-state index is 12.7. The van der Waals surface area contributed by atoms with Crippen LogP contribution < -0.4 is 14.2 Å². The molecule has 0 aromatic heterocycles. The van der Waals surface area contributed by atoms with Gasteiger partial charge in [0.05, 0.1) is 12.7 Å². The van der Waals surface area contributed by atoms with Crippen LogP contribution in [0.2, 0.25) is 0 Å². The summed E-state index contributed by atoms with van der Waals surface area (Å²) >= 11 is 0. The van der Waals surface area contributed by atoms with E-state index in [1.54, 1.807) is 50.4 Å². The second-order valence-corrected chi connectivity index (χ2v) is 5.61. The number of ether oxygens (including phenoxy) is 3. The summed E-state index contributed by atoms with van der Waals surface area (Å²) in [7, 11) is 1.56. The molecular formula is C20H17NO4. The van der Waals surface area contributed by atoms with Crippen LogP contribution in [0.4, 0.5) is 0 Å². The number of Topliss-reactive ketones (excluding diaryl/α,β-unsaturated/α-hetero) is 1. The average molecular weight is 335 g/mol. The molecule has 3 rings (SSSR count). The maximum atomic E-state index is 12.7. The summed E-state index contributed by atoms with van der Waals surface area (Å²) in [6.07, 6.45) is 1.28. The van der Waals surface area contributed by atoms with Gasteiger partial charge in [-0.25, -0.2) is 0 Å². The lowest BCUT2D eigenvalue weighted by Gasteiger charge is -2.19. The van der Waals surface area contributed by atoms with Crippen LogP contribution >= 0.6 is 0 Å². The zero-order valence-electron chi connectivity index (χ0n) is 14.0. The molecule has 0 radical (unpaired) electrons. The Hall–Kier alpha value is -3.26. The lowest BCUT2D eigenvalue weighted by atomic mass is 9.98. The molecule has 1 aliphatic heterocycles. The van der Waals surface area contributed by atoms with Crippen molar-refractivity contribution in [2.75, 3.05) is 13.7 Å². The van der Waals surface area contributed by atoms with Crippen molar-refractivity contribution < 1.29 is 19.0 Å². The predicted molar refractivity (Wildman–Crippen MR) is 92.9 cm³/mol. The fraction of sp³-hybridized carbons (Fsp3) is 0.200. The Morgan fingerprint density at radius 2 is 1.92 bits per heavy atom. The van der Waals surface area contributed by atoms with Crippen LogP contribution in [0.3, 0.4) is 0 Å². The van der Waals surface area contributed by atoms with Gasteiger partial charge < -0.3 is 14.2 Å². The van der Waals surface area contributed by atoms with E-state index in [1.807, 2.05) is 18.2 Å². The molecule has 0 aliphatic carbocycles. The van der Waals surface area contributed by atoms with Crippen molar-refractivity contribution in [1.82, 2.24) is 0 Å². The highest BCUT2D eigenvalue weighted by molar-refractivity contribution is 6.14. The van der Waals surface area contributed by atoms with E-state index < -0.39 is 6.10 Å². The Bertz CT molecular complexity index is 862. The third-order valence-electron chi connectivity index (χ3n) is 3.82. The standard InChI is InChI=1S/C20H17NO4/c1-13(11-21)25-16-5-3-14(4-6-16)9-15-12-24-19-8-7-17(23-2)10-18(19)20(15)22/h3-10,13H,12H2,1-2H3/b15-9-. The first-order valence-electron chi connectivity index (χ1n) is 7.83. The Morgan fingerprint density at radius 3 is 2.60 bits per heavy atom. The quantitative estimate of drug-likeness (QED) is 0.798. The number of benzene rings is 2. The lowest BCUT2D eigenvalue weighted by molar-refractivity contribution is 0.100. The van der Waals surface area contributed by atoms with E-state index >= 15 is 0 Å². The second-order valence-electron chi connectivity index (χ2n) is 5.61. The normalized spacial score (nSPS) is 15.7. The van der Waals surface area contributed by atoms with E-state index in [-0.39, 0.29) is 12.4 Å². The van der Waals surface area contributed by atoms with Crippen LogP contribution in [-0.2, 0) is 0 Å². The minimum atomic E-state index is -0.510. The van der Waals surface area contributed by atoms with Gasteiger partial charge in [-0.1, -0.05) is 12.1 Å². The van der Waals surface area contributed by atoms with Crippen LogP contribution in [0.15, 0.2) is 48.0 Å². The molecule has 0 saturated heterocycles. The molecule has 1 heterocycles. The Balaban J connectivity index is 1.82. The largest absolute Gasteiger partial charge is 0.497 e. The van der Waals surface area contributed by atoms with Crippen molar-refractivity contribution in [3.8, 4) is 23.3 Å². The third-order valence-corrected chi connectivity index (χ3v) is 3.82. The summed E-state index contributed by atoms with van der Waals surface area (Å²) in [5.41, 5.74) is 1.93. The summed E-state index contributed by atoms with van der Waals surface area (Å²) in [5, 5.41) is 8.77. The van der Waals surface area contributed by atoms with Gasteiger partial charge in [-0.2, -0.15) is 5.26 Å². The molecular weight excluding hydrogens is 318 g/mol. The lowest BCUT2D eigenvalue weighted by Crippen LogP contribution is -2.19. The van der Waals surface area contributed by atoms with Gasteiger partial charge in [-0.05, 0) is 48.9 Å². The van der Waals surface area contributed by atoms with E-state index in [2.05, 4.69) is 0 Å². The molecule has 0 amide bonds. The minimum absolute atomic E-state index is 0.0708. The van der Waals surface area contributed by atoms with Crippen LogP contribution in [-0.4, -0.2) is 25.6 Å². The molecule has 0 N–H and O–H groups in total. The molecule has 5 nitrogen and oxygen atoms in total. The third kappa shape index (κ3) is 3.64. The number of carbonyl (C=O) groups is 1. The smallest absolute Gasteiger partial charge is 0.196 e. The van der Waals surface area contributed by atoms with Gasteiger partial charge in [-0.15, -0.1) is 0 Å². The van der Waals surface area contributed by atoms with E-state index in [9.17, 15) is 4.79 Å². The molecule has 2 aromatic rings. The second kappa shape index (κ2) is 7.10. The molecule has 1 aliphatic rings. The van der Waals surface area contributed by atoms with Gasteiger partial charge in [0.2, 0.25) is 0 Å². The first-order valence-corrected chi connectivity index (χ1v) is 7.83. The van der Waals surface area contributed by atoms with Gasteiger partial charge >= 0.3 is 0 Å². The van der Waals surface area contributed by atoms with Crippen LogP contribution in [0.5, 0.6) is 17.2 Å². The highest BCUT2D eigenvalue weighted by Crippen LogP contribution is 2.31. The number of nitrogens with zero attached hydrogens (tertiary/aromatic N) is 1. The Labute approximate surface area is 146 Å². The number of nitriles is 1. The fourth-order valence-electron chi connectivity index (χ4n) is 2.51. The van der Waals surface area contributed by atoms with E-state index in [4.69, 9.17) is 19.5 Å². The topological polar surface area (TPSA) is 68.5 Å². The van der Waals surface area contributed by atoms with Crippen molar-refractivity contribution >= 4 is 11.9 Å². The monoisotopic (exact) mass is 335 g/mol. The van der Waals surface area contributed by atoms with Gasteiger partial charge in [0, 0.05) is 5.57 Å². The average Bonchev–Trinajstić information content (AvgIpc) is 2.65. The summed E-state index contributed by atoms with van der Waals surface area (Å²) < 4.78 is 16.3. The number of fused-ring (bicyclic) bond motifs is 1. The summed E-state index contributed by atoms with van der Waals surface area (Å²) in [5.74, 6) is 1.72. The van der Waals surface area contributed by atoms with Crippen molar-refractivity contribution in [2.24, 2.45) is 0 Å². The van der Waals surface area contributed by atoms with Gasteiger partial charge in [-0.3, -0.25) is 4.79 Å².